The standard InChI is InChI=1S/C16H18F3N3O/c1-11(23)22-10-14(5-6-15(22)16(17,18)19)21-9-13-4-2-3-12(7-13)8-20/h2-4,7,14-15,21H,5-6,9-10H2,1H3. The summed E-state index contributed by atoms with van der Waals surface area (Å²) in [5, 5.41) is 12.0. The van der Waals surface area contributed by atoms with Gasteiger partial charge in [0.2, 0.25) is 5.91 Å². The maximum atomic E-state index is 13.0. The van der Waals surface area contributed by atoms with Crippen LogP contribution in [-0.2, 0) is 11.3 Å². The SMILES string of the molecule is CC(=O)N1CC(NCc2cccc(C#N)c2)CCC1C(F)(F)F. The van der Waals surface area contributed by atoms with Crippen LogP contribution < -0.4 is 5.32 Å². The molecular formula is C16H18F3N3O. The van der Waals surface area contributed by atoms with E-state index >= 15 is 0 Å². The fraction of sp³-hybridized carbons (Fsp3) is 0.500. The van der Waals surface area contributed by atoms with Crippen LogP contribution in [0.4, 0.5) is 13.2 Å². The molecule has 1 aliphatic rings. The Bertz CT molecular complexity index is 609. The van der Waals surface area contributed by atoms with E-state index in [0.29, 0.717) is 18.5 Å². The number of hydrogen-bond acceptors (Lipinski definition) is 3. The Balaban J connectivity index is 1.97. The Hall–Kier alpha value is -2.07. The number of nitrogens with zero attached hydrogens (tertiary/aromatic N) is 2. The zero-order chi connectivity index (χ0) is 17.0. The van der Waals surface area contributed by atoms with E-state index in [4.69, 9.17) is 5.26 Å². The number of halogens is 3. The first-order chi connectivity index (χ1) is 10.8. The second kappa shape index (κ2) is 7.01. The Labute approximate surface area is 132 Å². The smallest absolute Gasteiger partial charge is 0.329 e. The summed E-state index contributed by atoms with van der Waals surface area (Å²) in [6.07, 6.45) is -4.14. The van der Waals surface area contributed by atoms with Crippen LogP contribution in [-0.4, -0.2) is 35.6 Å². The lowest BCUT2D eigenvalue weighted by Gasteiger charge is -2.40. The van der Waals surface area contributed by atoms with Crippen molar-refractivity contribution in [2.45, 2.75) is 44.6 Å². The third kappa shape index (κ3) is 4.45. The molecule has 0 spiro atoms. The first kappa shape index (κ1) is 17.3. The zero-order valence-electron chi connectivity index (χ0n) is 12.7. The molecule has 1 aromatic carbocycles. The number of carbonyl (C=O) groups excluding carboxylic acids is 1. The van der Waals surface area contributed by atoms with Gasteiger partial charge in [-0.25, -0.2) is 0 Å². The van der Waals surface area contributed by atoms with Crippen molar-refractivity contribution in [1.29, 1.82) is 5.26 Å². The van der Waals surface area contributed by atoms with Gasteiger partial charge in [-0.2, -0.15) is 18.4 Å². The predicted molar refractivity (Wildman–Crippen MR) is 78.2 cm³/mol. The molecule has 0 aliphatic carbocycles. The van der Waals surface area contributed by atoms with Crippen molar-refractivity contribution in [2.24, 2.45) is 0 Å². The largest absolute Gasteiger partial charge is 0.408 e. The Morgan fingerprint density at radius 3 is 2.78 bits per heavy atom. The summed E-state index contributed by atoms with van der Waals surface area (Å²) in [5.41, 5.74) is 1.42. The minimum atomic E-state index is -4.39. The van der Waals surface area contributed by atoms with Crippen LogP contribution in [0.25, 0.3) is 0 Å². The number of benzene rings is 1. The number of carbonyl (C=O) groups is 1. The molecule has 7 heteroatoms. The number of hydrogen-bond donors (Lipinski definition) is 1. The van der Waals surface area contributed by atoms with Crippen molar-refractivity contribution in [3.05, 3.63) is 35.4 Å². The number of likely N-dealkylation sites (tertiary alicyclic amines) is 1. The van der Waals surface area contributed by atoms with Gasteiger partial charge in [-0.1, -0.05) is 12.1 Å². The molecule has 0 radical (unpaired) electrons. The first-order valence-corrected chi connectivity index (χ1v) is 7.37. The van der Waals surface area contributed by atoms with Crippen LogP contribution in [0.2, 0.25) is 0 Å². The zero-order valence-corrected chi connectivity index (χ0v) is 12.7. The molecule has 1 amide bonds. The highest BCUT2D eigenvalue weighted by Gasteiger charge is 2.47. The van der Waals surface area contributed by atoms with Crippen LogP contribution in [0.5, 0.6) is 0 Å². The number of amides is 1. The molecule has 1 saturated heterocycles. The normalized spacial score (nSPS) is 21.8. The first-order valence-electron chi connectivity index (χ1n) is 7.37. The summed E-state index contributed by atoms with van der Waals surface area (Å²) < 4.78 is 38.9. The van der Waals surface area contributed by atoms with Crippen molar-refractivity contribution < 1.29 is 18.0 Å². The van der Waals surface area contributed by atoms with E-state index in [-0.39, 0.29) is 19.0 Å². The minimum Gasteiger partial charge on any atom is -0.329 e. The summed E-state index contributed by atoms with van der Waals surface area (Å²) >= 11 is 0. The second-order valence-corrected chi connectivity index (χ2v) is 5.70. The van der Waals surface area contributed by atoms with Crippen molar-refractivity contribution in [3.8, 4) is 6.07 Å². The van der Waals surface area contributed by atoms with Crippen LogP contribution in [0, 0.1) is 11.3 Å². The maximum absolute atomic E-state index is 13.0. The lowest BCUT2D eigenvalue weighted by Crippen LogP contribution is -2.57. The van der Waals surface area contributed by atoms with Crippen molar-refractivity contribution in [2.75, 3.05) is 6.54 Å². The van der Waals surface area contributed by atoms with Gasteiger partial charge in [0.25, 0.3) is 0 Å². The van der Waals surface area contributed by atoms with E-state index in [0.717, 1.165) is 17.4 Å². The van der Waals surface area contributed by atoms with Gasteiger partial charge in [0.1, 0.15) is 6.04 Å². The van der Waals surface area contributed by atoms with Gasteiger partial charge in [0.05, 0.1) is 11.6 Å². The molecule has 23 heavy (non-hydrogen) atoms. The number of nitrogens with one attached hydrogen (secondary N) is 1. The van der Waals surface area contributed by atoms with Gasteiger partial charge in [0.15, 0.2) is 0 Å². The quantitative estimate of drug-likeness (QED) is 0.929. The fourth-order valence-corrected chi connectivity index (χ4v) is 2.84. The Kier molecular flexibility index (Phi) is 5.26. The molecule has 1 heterocycles. The molecule has 2 unspecified atom stereocenters. The third-order valence-electron chi connectivity index (χ3n) is 4.02. The van der Waals surface area contributed by atoms with Crippen molar-refractivity contribution in [1.82, 2.24) is 10.2 Å². The van der Waals surface area contributed by atoms with E-state index in [1.807, 2.05) is 12.1 Å². The predicted octanol–water partition coefficient (Wildman–Crippen LogP) is 2.59. The van der Waals surface area contributed by atoms with Crippen LogP contribution in [0.3, 0.4) is 0 Å². The second-order valence-electron chi connectivity index (χ2n) is 5.70. The maximum Gasteiger partial charge on any atom is 0.408 e. The molecule has 2 atom stereocenters. The van der Waals surface area contributed by atoms with Crippen molar-refractivity contribution in [3.63, 3.8) is 0 Å². The summed E-state index contributed by atoms with van der Waals surface area (Å²) in [5.74, 6) is -0.565. The molecule has 1 aliphatic heterocycles. The molecule has 0 saturated carbocycles. The summed E-state index contributed by atoms with van der Waals surface area (Å²) in [6, 6.07) is 7.19. The fourth-order valence-electron chi connectivity index (χ4n) is 2.84. The van der Waals surface area contributed by atoms with E-state index in [1.165, 1.54) is 0 Å². The van der Waals surface area contributed by atoms with Crippen LogP contribution in [0.15, 0.2) is 24.3 Å². The van der Waals surface area contributed by atoms with Gasteiger partial charge in [-0.3, -0.25) is 4.79 Å². The molecule has 2 rings (SSSR count). The number of rotatable bonds is 3. The number of nitriles is 1. The molecule has 0 aromatic heterocycles. The number of piperidine rings is 1. The van der Waals surface area contributed by atoms with Gasteiger partial charge >= 0.3 is 6.18 Å². The summed E-state index contributed by atoms with van der Waals surface area (Å²) in [4.78, 5) is 12.4. The molecule has 1 aromatic rings. The molecule has 4 nitrogen and oxygen atoms in total. The highest BCUT2D eigenvalue weighted by Crippen LogP contribution is 2.32. The van der Waals surface area contributed by atoms with E-state index in [2.05, 4.69) is 5.32 Å². The molecule has 0 bridgehead atoms. The molecule has 1 fully saturated rings. The highest BCUT2D eigenvalue weighted by molar-refractivity contribution is 5.74. The monoisotopic (exact) mass is 325 g/mol. The lowest BCUT2D eigenvalue weighted by molar-refractivity contribution is -0.196. The Morgan fingerprint density at radius 1 is 1.43 bits per heavy atom. The van der Waals surface area contributed by atoms with E-state index in [1.54, 1.807) is 18.2 Å². The minimum absolute atomic E-state index is 0.0391. The molecular weight excluding hydrogens is 307 g/mol. The third-order valence-corrected chi connectivity index (χ3v) is 4.02. The lowest BCUT2D eigenvalue weighted by atomic mass is 9.97. The summed E-state index contributed by atoms with van der Waals surface area (Å²) in [6.45, 7) is 1.65. The van der Waals surface area contributed by atoms with E-state index in [9.17, 15) is 18.0 Å². The van der Waals surface area contributed by atoms with Gasteiger partial charge in [-0.15, -0.1) is 0 Å². The van der Waals surface area contributed by atoms with Crippen LogP contribution in [0.1, 0.15) is 30.9 Å². The van der Waals surface area contributed by atoms with Gasteiger partial charge in [-0.05, 0) is 30.5 Å². The van der Waals surface area contributed by atoms with Crippen molar-refractivity contribution >= 4 is 5.91 Å². The van der Waals surface area contributed by atoms with Gasteiger partial charge in [0, 0.05) is 26.1 Å². The van der Waals surface area contributed by atoms with E-state index < -0.39 is 18.1 Å². The average Bonchev–Trinajstić information content (AvgIpc) is 2.52. The topological polar surface area (TPSA) is 56.1 Å². The average molecular weight is 325 g/mol. The molecule has 1 N–H and O–H groups in total. The number of alkyl halides is 3. The summed E-state index contributed by atoms with van der Waals surface area (Å²) in [7, 11) is 0. The van der Waals surface area contributed by atoms with Gasteiger partial charge < -0.3 is 10.2 Å². The molecule has 124 valence electrons. The highest BCUT2D eigenvalue weighted by atomic mass is 19.4. The van der Waals surface area contributed by atoms with Crippen LogP contribution >= 0.6 is 0 Å². The Morgan fingerprint density at radius 2 is 2.17 bits per heavy atom.